The highest BCUT2D eigenvalue weighted by Crippen LogP contribution is 2.16. The van der Waals surface area contributed by atoms with Crippen molar-refractivity contribution >= 4 is 24.1 Å². The van der Waals surface area contributed by atoms with Gasteiger partial charge in [0.15, 0.2) is 5.82 Å². The second-order valence-electron chi connectivity index (χ2n) is 5.49. The van der Waals surface area contributed by atoms with Gasteiger partial charge in [-0.05, 0) is 45.8 Å². The molecule has 1 aromatic heterocycles. The number of anilines is 1. The molecule has 7 heteroatoms. The lowest BCUT2D eigenvalue weighted by atomic mass is 9.98. The minimum Gasteiger partial charge on any atom is -0.360 e. The van der Waals surface area contributed by atoms with Gasteiger partial charge in [0, 0.05) is 25.6 Å². The van der Waals surface area contributed by atoms with E-state index >= 15 is 0 Å². The van der Waals surface area contributed by atoms with Crippen LogP contribution in [0.3, 0.4) is 0 Å². The summed E-state index contributed by atoms with van der Waals surface area (Å²) in [7, 11) is 1.99. The molecule has 0 aromatic carbocycles. The van der Waals surface area contributed by atoms with Gasteiger partial charge in [0.1, 0.15) is 5.76 Å². The van der Waals surface area contributed by atoms with Gasteiger partial charge in [-0.15, -0.1) is 12.4 Å². The maximum atomic E-state index is 11.8. The number of amides is 1. The lowest BCUT2D eigenvalue weighted by Gasteiger charge is -2.32. The first-order chi connectivity index (χ1) is 9.67. The van der Waals surface area contributed by atoms with Crippen LogP contribution >= 0.6 is 12.4 Å². The Kier molecular flexibility index (Phi) is 7.71. The van der Waals surface area contributed by atoms with Crippen LogP contribution in [0.5, 0.6) is 0 Å². The van der Waals surface area contributed by atoms with Crippen molar-refractivity contribution in [2.75, 3.05) is 38.5 Å². The lowest BCUT2D eigenvalue weighted by molar-refractivity contribution is -0.116. The average molecular weight is 317 g/mol. The fourth-order valence-electron chi connectivity index (χ4n) is 2.70. The van der Waals surface area contributed by atoms with Gasteiger partial charge in [-0.1, -0.05) is 5.16 Å². The number of carbonyl (C=O) groups excluding carboxylic acids is 1. The predicted molar refractivity (Wildman–Crippen MR) is 84.8 cm³/mol. The van der Waals surface area contributed by atoms with Crippen LogP contribution in [0.4, 0.5) is 5.82 Å². The number of hydrogen-bond donors (Lipinski definition) is 2. The SMILES string of the molecule is CNCC1CCCN(CCC(=O)Nc2cc(C)on2)C1.Cl. The van der Waals surface area contributed by atoms with Gasteiger partial charge in [0.25, 0.3) is 0 Å². The molecule has 2 heterocycles. The zero-order valence-electron chi connectivity index (χ0n) is 12.7. The maximum absolute atomic E-state index is 11.8. The number of halogens is 1. The number of piperidine rings is 1. The van der Waals surface area contributed by atoms with E-state index in [9.17, 15) is 4.79 Å². The van der Waals surface area contributed by atoms with Crippen LogP contribution < -0.4 is 10.6 Å². The van der Waals surface area contributed by atoms with Crippen LogP contribution in [0, 0.1) is 12.8 Å². The first-order valence-electron chi connectivity index (χ1n) is 7.27. The summed E-state index contributed by atoms with van der Waals surface area (Å²) < 4.78 is 4.92. The Labute approximate surface area is 132 Å². The van der Waals surface area contributed by atoms with E-state index in [-0.39, 0.29) is 18.3 Å². The number of nitrogens with zero attached hydrogens (tertiary/aromatic N) is 2. The Morgan fingerprint density at radius 3 is 3.05 bits per heavy atom. The van der Waals surface area contributed by atoms with Crippen LogP contribution in [0.25, 0.3) is 0 Å². The molecule has 1 aliphatic heterocycles. The molecule has 0 saturated carbocycles. The maximum Gasteiger partial charge on any atom is 0.226 e. The van der Waals surface area contributed by atoms with E-state index in [4.69, 9.17) is 4.52 Å². The summed E-state index contributed by atoms with van der Waals surface area (Å²) in [6.45, 7) is 5.84. The van der Waals surface area contributed by atoms with Gasteiger partial charge in [-0.25, -0.2) is 0 Å². The van der Waals surface area contributed by atoms with Gasteiger partial charge >= 0.3 is 0 Å². The van der Waals surface area contributed by atoms with E-state index in [0.717, 1.165) is 26.2 Å². The third-order valence-corrected chi connectivity index (χ3v) is 3.65. The molecule has 21 heavy (non-hydrogen) atoms. The molecular weight excluding hydrogens is 292 g/mol. The third kappa shape index (κ3) is 6.03. The van der Waals surface area contributed by atoms with Crippen molar-refractivity contribution in [1.29, 1.82) is 0 Å². The minimum absolute atomic E-state index is 0. The summed E-state index contributed by atoms with van der Waals surface area (Å²) in [5, 5.41) is 9.75. The number of aryl methyl sites for hydroxylation is 1. The van der Waals surface area contributed by atoms with Crippen molar-refractivity contribution in [2.45, 2.75) is 26.2 Å². The molecule has 1 unspecified atom stereocenters. The first kappa shape index (κ1) is 17.9. The van der Waals surface area contributed by atoms with Gasteiger partial charge in [-0.2, -0.15) is 0 Å². The quantitative estimate of drug-likeness (QED) is 0.835. The molecule has 0 bridgehead atoms. The molecule has 1 aliphatic rings. The van der Waals surface area contributed by atoms with Crippen molar-refractivity contribution < 1.29 is 9.32 Å². The van der Waals surface area contributed by atoms with Crippen LogP contribution in [-0.2, 0) is 4.79 Å². The summed E-state index contributed by atoms with van der Waals surface area (Å²) in [5.41, 5.74) is 0. The normalized spacial score (nSPS) is 19.0. The van der Waals surface area contributed by atoms with E-state index in [0.29, 0.717) is 23.9 Å². The van der Waals surface area contributed by atoms with Crippen LogP contribution in [0.1, 0.15) is 25.0 Å². The number of carbonyl (C=O) groups is 1. The summed E-state index contributed by atoms with van der Waals surface area (Å²) in [4.78, 5) is 14.2. The van der Waals surface area contributed by atoms with Crippen molar-refractivity contribution in [1.82, 2.24) is 15.4 Å². The Bertz CT molecular complexity index is 436. The fraction of sp³-hybridized carbons (Fsp3) is 0.714. The largest absolute Gasteiger partial charge is 0.360 e. The van der Waals surface area contributed by atoms with Gasteiger partial charge in [-0.3, -0.25) is 4.79 Å². The molecule has 0 aliphatic carbocycles. The van der Waals surface area contributed by atoms with Crippen LogP contribution in [-0.4, -0.2) is 49.2 Å². The molecule has 1 amide bonds. The number of aromatic nitrogens is 1. The highest BCUT2D eigenvalue weighted by molar-refractivity contribution is 5.89. The second kappa shape index (κ2) is 9.02. The van der Waals surface area contributed by atoms with Crippen molar-refractivity contribution in [3.8, 4) is 0 Å². The van der Waals surface area contributed by atoms with Crippen molar-refractivity contribution in [3.63, 3.8) is 0 Å². The zero-order chi connectivity index (χ0) is 14.4. The standard InChI is InChI=1S/C14H24N4O2.ClH/c1-11-8-13(17-20-11)16-14(19)5-7-18-6-3-4-12(10-18)9-15-2;/h8,12,15H,3-7,9-10H2,1-2H3,(H,16,17,19);1H. The topological polar surface area (TPSA) is 70.4 Å². The van der Waals surface area contributed by atoms with E-state index in [1.165, 1.54) is 12.8 Å². The highest BCUT2D eigenvalue weighted by atomic mass is 35.5. The Hall–Kier alpha value is -1.11. The predicted octanol–water partition coefficient (Wildman–Crippen LogP) is 1.66. The molecule has 1 atom stereocenters. The Morgan fingerprint density at radius 1 is 1.57 bits per heavy atom. The number of hydrogen-bond acceptors (Lipinski definition) is 5. The molecule has 6 nitrogen and oxygen atoms in total. The average Bonchev–Trinajstić information content (AvgIpc) is 2.83. The minimum atomic E-state index is -0.00552. The molecule has 0 spiro atoms. The lowest BCUT2D eigenvalue weighted by Crippen LogP contribution is -2.40. The molecule has 1 saturated heterocycles. The van der Waals surface area contributed by atoms with E-state index in [2.05, 4.69) is 20.7 Å². The van der Waals surface area contributed by atoms with E-state index < -0.39 is 0 Å². The third-order valence-electron chi connectivity index (χ3n) is 3.65. The van der Waals surface area contributed by atoms with Gasteiger partial charge < -0.3 is 20.1 Å². The smallest absolute Gasteiger partial charge is 0.226 e. The second-order valence-corrected chi connectivity index (χ2v) is 5.49. The molecule has 0 radical (unpaired) electrons. The summed E-state index contributed by atoms with van der Waals surface area (Å²) >= 11 is 0. The molecule has 1 aromatic rings. The Morgan fingerprint density at radius 2 is 2.38 bits per heavy atom. The van der Waals surface area contributed by atoms with Crippen LogP contribution in [0.15, 0.2) is 10.6 Å². The van der Waals surface area contributed by atoms with Gasteiger partial charge in [0.2, 0.25) is 5.91 Å². The van der Waals surface area contributed by atoms with Crippen molar-refractivity contribution in [2.24, 2.45) is 5.92 Å². The Balaban J connectivity index is 0.00000220. The van der Waals surface area contributed by atoms with Gasteiger partial charge in [0.05, 0.1) is 0 Å². The number of nitrogens with one attached hydrogen (secondary N) is 2. The number of likely N-dealkylation sites (tertiary alicyclic amines) is 1. The van der Waals surface area contributed by atoms with E-state index in [1.54, 1.807) is 13.0 Å². The van der Waals surface area contributed by atoms with Crippen LogP contribution in [0.2, 0.25) is 0 Å². The van der Waals surface area contributed by atoms with Crippen molar-refractivity contribution in [3.05, 3.63) is 11.8 Å². The zero-order valence-corrected chi connectivity index (χ0v) is 13.5. The monoisotopic (exact) mass is 316 g/mol. The molecular formula is C14H25ClN4O2. The fourth-order valence-corrected chi connectivity index (χ4v) is 2.70. The molecule has 1 fully saturated rings. The highest BCUT2D eigenvalue weighted by Gasteiger charge is 2.19. The molecule has 2 rings (SSSR count). The summed E-state index contributed by atoms with van der Waals surface area (Å²) in [6, 6.07) is 1.72. The van der Waals surface area contributed by atoms with E-state index in [1.807, 2.05) is 7.05 Å². The first-order valence-corrected chi connectivity index (χ1v) is 7.27. The molecule has 2 N–H and O–H groups in total. The number of rotatable bonds is 6. The summed E-state index contributed by atoms with van der Waals surface area (Å²) in [5.74, 6) is 1.90. The summed E-state index contributed by atoms with van der Waals surface area (Å²) in [6.07, 6.45) is 3.00. The molecule has 120 valence electrons.